The topological polar surface area (TPSA) is 153 Å². The second-order valence-corrected chi connectivity index (χ2v) is 19.5. The monoisotopic (exact) mass is 878 g/mol. The number of carbonyl (C=O) groups excluding carboxylic acids is 2. The molecule has 0 saturated carbocycles. The van der Waals surface area contributed by atoms with E-state index in [1.807, 2.05) is 55.6 Å². The van der Waals surface area contributed by atoms with Gasteiger partial charge in [0, 0.05) is 85.4 Å². The van der Waals surface area contributed by atoms with Gasteiger partial charge in [0.1, 0.15) is 0 Å². The number of hydrogen-bond donors (Lipinski definition) is 6. The Morgan fingerprint density at radius 1 is 0.581 bits per heavy atom. The summed E-state index contributed by atoms with van der Waals surface area (Å²) in [7, 11) is 3.38. The van der Waals surface area contributed by atoms with Crippen molar-refractivity contribution in [2.75, 3.05) is 60.6 Å². The molecular weight excluding hydrogens is 821 g/mol. The van der Waals surface area contributed by atoms with Gasteiger partial charge in [-0.1, -0.05) is 58.0 Å². The Bertz CT molecular complexity index is 2090. The Morgan fingerprint density at radius 2 is 0.968 bits per heavy atom. The minimum Gasteiger partial charge on any atom is -0.389 e. The molecule has 2 amide bonds. The standard InChI is InChI=1S/C48H56N6O6S2/c55-43-27-53(28-44(43)56)39-11-7-33(8-12-39)23-35-3-1-5-37-25-51(19-15-41(35)37)31-47(59)49-17-21-61-62-22-18-50-48(60)32-52-20-16-42-36(4-2-6-38(42)26-52)24-34-9-13-40(14-10-34)54-29-45(57)46(58)30-54/h7-16,19-20,23-26,43-46,55-58H,1-6,17-18,21-22,27-32H2/p+2. The number of anilines is 2. The van der Waals surface area contributed by atoms with E-state index in [9.17, 15) is 30.0 Å². The second-order valence-electron chi connectivity index (χ2n) is 16.8. The highest BCUT2D eigenvalue weighted by Crippen LogP contribution is 2.34. The first-order valence-corrected chi connectivity index (χ1v) is 24.3. The van der Waals surface area contributed by atoms with Gasteiger partial charge in [-0.15, -0.1) is 0 Å². The van der Waals surface area contributed by atoms with Crippen molar-refractivity contribution in [1.82, 2.24) is 10.6 Å². The molecule has 12 nitrogen and oxygen atoms in total. The maximum Gasteiger partial charge on any atom is 0.286 e. The molecule has 8 rings (SSSR count). The molecule has 62 heavy (non-hydrogen) atoms. The molecule has 6 N–H and O–H groups in total. The predicted octanol–water partition coefficient (Wildman–Crippen LogP) is 3.41. The zero-order chi connectivity index (χ0) is 43.0. The van der Waals surface area contributed by atoms with E-state index < -0.39 is 24.4 Å². The van der Waals surface area contributed by atoms with Crippen LogP contribution in [-0.4, -0.2) is 107 Å². The molecule has 2 aliphatic heterocycles. The average Bonchev–Trinajstić information content (AvgIpc) is 3.80. The number of aliphatic hydroxyl groups excluding tert-OH is 4. The van der Waals surface area contributed by atoms with Crippen LogP contribution in [0.5, 0.6) is 0 Å². The molecule has 4 aromatic rings. The minimum absolute atomic E-state index is 0.0161. The quantitative estimate of drug-likeness (QED) is 0.0596. The lowest BCUT2D eigenvalue weighted by Crippen LogP contribution is -2.43. The summed E-state index contributed by atoms with van der Waals surface area (Å²) < 4.78 is 3.93. The molecule has 2 aliphatic carbocycles. The lowest BCUT2D eigenvalue weighted by molar-refractivity contribution is -0.685. The zero-order valence-corrected chi connectivity index (χ0v) is 36.7. The van der Waals surface area contributed by atoms with Crippen LogP contribution in [0.4, 0.5) is 11.4 Å². The van der Waals surface area contributed by atoms with Gasteiger partial charge in [-0.2, -0.15) is 9.13 Å². The molecule has 2 aromatic heterocycles. The molecular formula is C48H58N6O6S2+2. The summed E-state index contributed by atoms with van der Waals surface area (Å²) in [6, 6.07) is 20.8. The van der Waals surface area contributed by atoms with Crippen molar-refractivity contribution in [3.8, 4) is 0 Å². The summed E-state index contributed by atoms with van der Waals surface area (Å²) in [4.78, 5) is 29.6. The highest BCUT2D eigenvalue weighted by atomic mass is 33.1. The number of hydrogen-bond acceptors (Lipinski definition) is 10. The van der Waals surface area contributed by atoms with Gasteiger partial charge in [-0.25, -0.2) is 0 Å². The van der Waals surface area contributed by atoms with Crippen molar-refractivity contribution in [3.63, 3.8) is 0 Å². The minimum atomic E-state index is -0.709. The number of β-amino-alcohol motifs (C(OH)–C–C–N with tert-alkyl or cyclic N) is 4. The van der Waals surface area contributed by atoms with Crippen LogP contribution in [-0.2, 0) is 35.5 Å². The number of amides is 2. The highest BCUT2D eigenvalue weighted by molar-refractivity contribution is 8.76. The molecule has 4 heterocycles. The first kappa shape index (κ1) is 43.9. The summed E-state index contributed by atoms with van der Waals surface area (Å²) in [5.74, 6) is 1.52. The van der Waals surface area contributed by atoms with Gasteiger partial charge >= 0.3 is 0 Å². The van der Waals surface area contributed by atoms with Crippen molar-refractivity contribution >= 4 is 68.1 Å². The molecule has 326 valence electrons. The Kier molecular flexibility index (Phi) is 14.6. The van der Waals surface area contributed by atoms with E-state index in [1.54, 1.807) is 21.6 Å². The van der Waals surface area contributed by atoms with E-state index in [-0.39, 0.29) is 24.9 Å². The van der Waals surface area contributed by atoms with Crippen LogP contribution in [0, 0.1) is 0 Å². The number of nitrogens with zero attached hydrogens (tertiary/aromatic N) is 4. The van der Waals surface area contributed by atoms with Crippen molar-refractivity contribution < 1.29 is 39.1 Å². The highest BCUT2D eigenvalue weighted by Gasteiger charge is 2.31. The van der Waals surface area contributed by atoms with E-state index >= 15 is 0 Å². The third-order valence-electron chi connectivity index (χ3n) is 12.1. The molecule has 14 heteroatoms. The first-order chi connectivity index (χ1) is 30.1. The van der Waals surface area contributed by atoms with Crippen molar-refractivity contribution in [3.05, 3.63) is 119 Å². The first-order valence-electron chi connectivity index (χ1n) is 21.8. The Labute approximate surface area is 371 Å². The molecule has 2 fully saturated rings. The van der Waals surface area contributed by atoms with Gasteiger partial charge in [-0.05, 0) is 96.2 Å². The number of pyridine rings is 2. The largest absolute Gasteiger partial charge is 0.389 e. The van der Waals surface area contributed by atoms with E-state index in [4.69, 9.17) is 0 Å². The summed E-state index contributed by atoms with van der Waals surface area (Å²) in [6.45, 7) is 3.45. The number of aliphatic hydroxyl groups is 4. The fourth-order valence-corrected chi connectivity index (χ4v) is 10.7. The lowest BCUT2D eigenvalue weighted by Gasteiger charge is -2.19. The molecule has 0 radical (unpaired) electrons. The van der Waals surface area contributed by atoms with Crippen LogP contribution < -0.4 is 29.6 Å². The molecule has 2 aromatic carbocycles. The van der Waals surface area contributed by atoms with Gasteiger partial charge in [0.15, 0.2) is 24.8 Å². The molecule has 4 aliphatic rings. The number of aromatic nitrogens is 2. The van der Waals surface area contributed by atoms with E-state index in [1.165, 1.54) is 33.4 Å². The third kappa shape index (κ3) is 11.3. The normalized spacial score (nSPS) is 22.2. The van der Waals surface area contributed by atoms with E-state index in [0.717, 1.165) is 72.5 Å². The van der Waals surface area contributed by atoms with Gasteiger partial charge < -0.3 is 40.9 Å². The summed E-state index contributed by atoms with van der Waals surface area (Å²) in [5, 5.41) is 45.7. The van der Waals surface area contributed by atoms with Gasteiger partial charge in [0.2, 0.25) is 13.1 Å². The molecule has 0 bridgehead atoms. The number of carbonyl (C=O) groups is 2. The summed E-state index contributed by atoms with van der Waals surface area (Å²) >= 11 is 0. The van der Waals surface area contributed by atoms with Gasteiger partial charge in [0.05, 0.1) is 24.4 Å². The smallest absolute Gasteiger partial charge is 0.286 e. The Hall–Kier alpha value is -4.70. The Balaban J connectivity index is 0.713. The zero-order valence-electron chi connectivity index (χ0n) is 35.1. The van der Waals surface area contributed by atoms with Crippen molar-refractivity contribution in [1.29, 1.82) is 0 Å². The lowest BCUT2D eigenvalue weighted by atomic mass is 9.87. The molecule has 4 unspecified atom stereocenters. The fraction of sp³-hybridized carbons (Fsp3) is 0.417. The number of fused-ring (bicyclic) bond motifs is 2. The van der Waals surface area contributed by atoms with Gasteiger partial charge in [-0.3, -0.25) is 9.59 Å². The van der Waals surface area contributed by atoms with Crippen molar-refractivity contribution in [2.45, 2.75) is 76.0 Å². The van der Waals surface area contributed by atoms with Gasteiger partial charge in [0.25, 0.3) is 11.8 Å². The van der Waals surface area contributed by atoms with Crippen LogP contribution in [0.2, 0.25) is 0 Å². The molecule has 4 atom stereocenters. The second kappa shape index (κ2) is 20.7. The third-order valence-corrected chi connectivity index (χ3v) is 14.6. The SMILES string of the molecule is O=C(C[n+]1ccc2c(c1)CCCC2=Cc1ccc(N2CC(O)C(O)C2)cc1)NCCSSCCNC(=O)C[n+]1ccc2c(c1)CCCC2=Cc1ccc(N2CC(O)C(O)C2)cc1. The van der Waals surface area contributed by atoms with Crippen LogP contribution in [0.1, 0.15) is 59.1 Å². The molecule has 2 saturated heterocycles. The number of aryl methyl sites for hydroxylation is 2. The maximum absolute atomic E-state index is 12.8. The average molecular weight is 879 g/mol. The number of benzene rings is 2. The number of rotatable bonds is 15. The van der Waals surface area contributed by atoms with Crippen molar-refractivity contribution in [2.24, 2.45) is 0 Å². The van der Waals surface area contributed by atoms with Crippen LogP contribution in [0.25, 0.3) is 23.3 Å². The molecule has 0 spiro atoms. The fourth-order valence-electron chi connectivity index (χ4n) is 8.86. The summed E-state index contributed by atoms with van der Waals surface area (Å²) in [6.07, 6.45) is 15.9. The number of allylic oxidation sites excluding steroid dienone is 2. The summed E-state index contributed by atoms with van der Waals surface area (Å²) in [5.41, 5.74) is 11.8. The maximum atomic E-state index is 12.8. The predicted molar refractivity (Wildman–Crippen MR) is 247 cm³/mol. The number of nitrogens with one attached hydrogen (secondary N) is 2. The van der Waals surface area contributed by atoms with Crippen LogP contribution in [0.15, 0.2) is 85.5 Å². The van der Waals surface area contributed by atoms with Crippen LogP contribution >= 0.6 is 21.6 Å². The van der Waals surface area contributed by atoms with Crippen LogP contribution in [0.3, 0.4) is 0 Å². The van der Waals surface area contributed by atoms with E-state index in [2.05, 4.69) is 71.6 Å². The Morgan fingerprint density at radius 3 is 1.35 bits per heavy atom. The van der Waals surface area contributed by atoms with E-state index in [0.29, 0.717) is 39.3 Å².